The average molecular weight is 296 g/mol. The summed E-state index contributed by atoms with van der Waals surface area (Å²) < 4.78 is 1.12. The lowest BCUT2D eigenvalue weighted by molar-refractivity contribution is 0.703. The van der Waals surface area contributed by atoms with Crippen LogP contribution in [0.5, 0.6) is 0 Å². The fourth-order valence-corrected chi connectivity index (χ4v) is 3.20. The van der Waals surface area contributed by atoms with E-state index in [4.69, 9.17) is 0 Å². The fourth-order valence-electron chi connectivity index (χ4n) is 1.77. The van der Waals surface area contributed by atoms with Crippen LogP contribution >= 0.6 is 27.3 Å². The molecule has 0 spiro atoms. The van der Waals surface area contributed by atoms with E-state index in [1.807, 2.05) is 18.4 Å². The molecule has 2 aromatic rings. The molecule has 0 bridgehead atoms. The molecule has 0 saturated heterocycles. The second kappa shape index (κ2) is 5.13. The molecule has 1 aromatic carbocycles. The molecule has 0 saturated carbocycles. The lowest BCUT2D eigenvalue weighted by atomic mass is 10.1. The minimum Gasteiger partial charge on any atom is -0.309 e. The van der Waals surface area contributed by atoms with Crippen LogP contribution < -0.4 is 5.32 Å². The molecular weight excluding hydrogens is 282 g/mol. The monoisotopic (exact) mass is 295 g/mol. The van der Waals surface area contributed by atoms with Crippen molar-refractivity contribution < 1.29 is 0 Å². The van der Waals surface area contributed by atoms with Gasteiger partial charge < -0.3 is 5.32 Å². The predicted molar refractivity (Wildman–Crippen MR) is 74.1 cm³/mol. The summed E-state index contributed by atoms with van der Waals surface area (Å²) in [7, 11) is 2.00. The van der Waals surface area contributed by atoms with Gasteiger partial charge in [0.15, 0.2) is 0 Å². The summed E-state index contributed by atoms with van der Waals surface area (Å²) in [5, 5.41) is 3.36. The number of nitrogens with one attached hydrogen (secondary N) is 1. The molecule has 0 amide bonds. The summed E-state index contributed by atoms with van der Waals surface area (Å²) in [5.41, 5.74) is 1.29. The van der Waals surface area contributed by atoms with Gasteiger partial charge in [0.25, 0.3) is 0 Å². The Morgan fingerprint density at radius 2 is 2.06 bits per heavy atom. The lowest BCUT2D eigenvalue weighted by Crippen LogP contribution is -2.16. The molecule has 3 heteroatoms. The van der Waals surface area contributed by atoms with Crippen LogP contribution in [0.4, 0.5) is 0 Å². The first-order valence-corrected chi connectivity index (χ1v) is 6.80. The summed E-state index contributed by atoms with van der Waals surface area (Å²) in [6.45, 7) is 2.14. The highest BCUT2D eigenvalue weighted by Gasteiger charge is 2.13. The Labute approximate surface area is 109 Å². The van der Waals surface area contributed by atoms with Crippen molar-refractivity contribution in [1.82, 2.24) is 5.32 Å². The molecule has 1 aromatic heterocycles. The molecule has 16 heavy (non-hydrogen) atoms. The Balaban J connectivity index is 2.36. The largest absolute Gasteiger partial charge is 0.309 e. The second-order valence-electron chi connectivity index (χ2n) is 3.73. The van der Waals surface area contributed by atoms with Crippen LogP contribution in [-0.2, 0) is 0 Å². The van der Waals surface area contributed by atoms with Gasteiger partial charge in [0.2, 0.25) is 0 Å². The maximum Gasteiger partial charge on any atom is 0.0669 e. The van der Waals surface area contributed by atoms with Crippen molar-refractivity contribution in [3.63, 3.8) is 0 Å². The molecule has 1 nitrogen and oxygen atoms in total. The summed E-state index contributed by atoms with van der Waals surface area (Å²) in [4.78, 5) is 2.71. The zero-order valence-corrected chi connectivity index (χ0v) is 11.7. The van der Waals surface area contributed by atoms with E-state index >= 15 is 0 Å². The number of thiophene rings is 1. The smallest absolute Gasteiger partial charge is 0.0669 e. The lowest BCUT2D eigenvalue weighted by Gasteiger charge is -2.15. The SMILES string of the molecule is CNC(c1cccc(Br)c1)c1ccc(C)s1. The number of rotatable bonds is 3. The van der Waals surface area contributed by atoms with Crippen molar-refractivity contribution in [3.8, 4) is 0 Å². The fraction of sp³-hybridized carbons (Fsp3) is 0.231. The van der Waals surface area contributed by atoms with E-state index in [9.17, 15) is 0 Å². The van der Waals surface area contributed by atoms with Crippen molar-refractivity contribution in [2.45, 2.75) is 13.0 Å². The summed E-state index contributed by atoms with van der Waals surface area (Å²) >= 11 is 5.36. The molecule has 2 rings (SSSR count). The first-order valence-electron chi connectivity index (χ1n) is 5.20. The van der Waals surface area contributed by atoms with Gasteiger partial charge in [-0.15, -0.1) is 11.3 Å². The third-order valence-corrected chi connectivity index (χ3v) is 4.08. The van der Waals surface area contributed by atoms with E-state index < -0.39 is 0 Å². The Morgan fingerprint density at radius 3 is 2.62 bits per heavy atom. The van der Waals surface area contributed by atoms with Crippen molar-refractivity contribution >= 4 is 27.3 Å². The molecule has 1 heterocycles. The van der Waals surface area contributed by atoms with E-state index in [1.165, 1.54) is 15.3 Å². The Morgan fingerprint density at radius 1 is 1.25 bits per heavy atom. The van der Waals surface area contributed by atoms with Gasteiger partial charge in [-0.25, -0.2) is 0 Å². The normalized spacial score (nSPS) is 12.7. The van der Waals surface area contributed by atoms with E-state index in [0.717, 1.165) is 4.47 Å². The average Bonchev–Trinajstić information content (AvgIpc) is 2.66. The highest BCUT2D eigenvalue weighted by Crippen LogP contribution is 2.29. The molecule has 0 aliphatic carbocycles. The third-order valence-electron chi connectivity index (χ3n) is 2.52. The zero-order chi connectivity index (χ0) is 11.5. The van der Waals surface area contributed by atoms with Crippen LogP contribution in [0.3, 0.4) is 0 Å². The van der Waals surface area contributed by atoms with Crippen molar-refractivity contribution in [2.75, 3.05) is 7.05 Å². The first-order chi connectivity index (χ1) is 7.70. The van der Waals surface area contributed by atoms with Crippen LogP contribution in [0.2, 0.25) is 0 Å². The highest BCUT2D eigenvalue weighted by molar-refractivity contribution is 9.10. The van der Waals surface area contributed by atoms with Gasteiger partial charge in [-0.05, 0) is 43.8 Å². The first kappa shape index (κ1) is 11.8. The van der Waals surface area contributed by atoms with Crippen molar-refractivity contribution in [2.24, 2.45) is 0 Å². The molecule has 1 unspecified atom stereocenters. The molecule has 0 fully saturated rings. The highest BCUT2D eigenvalue weighted by atomic mass is 79.9. The van der Waals surface area contributed by atoms with Crippen LogP contribution in [-0.4, -0.2) is 7.05 Å². The topological polar surface area (TPSA) is 12.0 Å². The van der Waals surface area contributed by atoms with Crippen LogP contribution in [0.1, 0.15) is 21.4 Å². The number of halogens is 1. The molecule has 0 radical (unpaired) electrons. The van der Waals surface area contributed by atoms with E-state index in [0.29, 0.717) is 0 Å². The quantitative estimate of drug-likeness (QED) is 0.898. The third kappa shape index (κ3) is 2.54. The van der Waals surface area contributed by atoms with E-state index in [-0.39, 0.29) is 6.04 Å². The van der Waals surface area contributed by atoms with Crippen LogP contribution in [0.25, 0.3) is 0 Å². The maximum atomic E-state index is 3.51. The number of benzene rings is 1. The van der Waals surface area contributed by atoms with E-state index in [2.05, 4.69) is 64.6 Å². The van der Waals surface area contributed by atoms with Gasteiger partial charge >= 0.3 is 0 Å². The molecular formula is C13H14BrNS. The molecule has 0 aliphatic rings. The van der Waals surface area contributed by atoms with Crippen LogP contribution in [0, 0.1) is 6.92 Å². The van der Waals surface area contributed by atoms with Gasteiger partial charge in [-0.3, -0.25) is 0 Å². The Bertz CT molecular complexity index is 478. The summed E-state index contributed by atoms with van der Waals surface area (Å²) in [6, 6.07) is 13.1. The van der Waals surface area contributed by atoms with Crippen molar-refractivity contribution in [1.29, 1.82) is 0 Å². The Hall–Kier alpha value is -0.640. The maximum absolute atomic E-state index is 3.51. The zero-order valence-electron chi connectivity index (χ0n) is 9.33. The van der Waals surface area contributed by atoms with Gasteiger partial charge in [0.05, 0.1) is 6.04 Å². The second-order valence-corrected chi connectivity index (χ2v) is 5.96. The summed E-state index contributed by atoms with van der Waals surface area (Å²) in [5.74, 6) is 0. The minimum atomic E-state index is 0.288. The molecule has 1 N–H and O–H groups in total. The van der Waals surface area contributed by atoms with Gasteiger partial charge in [-0.1, -0.05) is 28.1 Å². The van der Waals surface area contributed by atoms with E-state index in [1.54, 1.807) is 0 Å². The summed E-state index contributed by atoms with van der Waals surface area (Å²) in [6.07, 6.45) is 0. The molecule has 84 valence electrons. The molecule has 1 atom stereocenters. The predicted octanol–water partition coefficient (Wildman–Crippen LogP) is 4.13. The number of aryl methyl sites for hydroxylation is 1. The van der Waals surface area contributed by atoms with Gasteiger partial charge in [0.1, 0.15) is 0 Å². The van der Waals surface area contributed by atoms with Crippen molar-refractivity contribution in [3.05, 3.63) is 56.2 Å². The Kier molecular flexibility index (Phi) is 3.79. The van der Waals surface area contributed by atoms with Gasteiger partial charge in [-0.2, -0.15) is 0 Å². The van der Waals surface area contributed by atoms with Gasteiger partial charge in [0, 0.05) is 14.2 Å². The standard InChI is InChI=1S/C13H14BrNS/c1-9-6-7-12(16-9)13(15-2)10-4-3-5-11(14)8-10/h3-8,13,15H,1-2H3. The van der Waals surface area contributed by atoms with Crippen LogP contribution in [0.15, 0.2) is 40.9 Å². The number of hydrogen-bond donors (Lipinski definition) is 1. The molecule has 0 aliphatic heterocycles. The number of hydrogen-bond acceptors (Lipinski definition) is 2. The minimum absolute atomic E-state index is 0.288.